The molecule has 1 aliphatic heterocycles. The van der Waals surface area contributed by atoms with E-state index in [0.717, 1.165) is 23.7 Å². The number of fused-ring (bicyclic) bond motifs is 1. The fourth-order valence-electron chi connectivity index (χ4n) is 2.19. The standard InChI is InChI=1S/C12H17N5O2S/c1-9(10-6-17-12(15-10)20-8-13-17)14-11(18)7-16-2-4-19-5-3-16/h6,8-9H,2-5,7H2,1H3,(H,14,18)/t9-/m0/s1. The van der Waals surface area contributed by atoms with E-state index in [1.807, 2.05) is 13.1 Å². The number of hydrogen-bond donors (Lipinski definition) is 1. The van der Waals surface area contributed by atoms with E-state index >= 15 is 0 Å². The molecule has 1 N–H and O–H groups in total. The summed E-state index contributed by atoms with van der Waals surface area (Å²) in [6.45, 7) is 5.37. The minimum absolute atomic E-state index is 0.0173. The lowest BCUT2D eigenvalue weighted by molar-refractivity contribution is -0.123. The molecule has 0 aromatic carbocycles. The Bertz CT molecular complexity index is 561. The monoisotopic (exact) mass is 295 g/mol. The minimum atomic E-state index is -0.113. The number of morpholine rings is 1. The topological polar surface area (TPSA) is 71.8 Å². The summed E-state index contributed by atoms with van der Waals surface area (Å²) in [5, 5.41) is 7.11. The molecule has 2 aromatic heterocycles. The number of imidazole rings is 1. The average Bonchev–Trinajstić information content (AvgIpc) is 3.00. The largest absolute Gasteiger partial charge is 0.379 e. The van der Waals surface area contributed by atoms with Crippen molar-refractivity contribution in [2.24, 2.45) is 0 Å². The van der Waals surface area contributed by atoms with Gasteiger partial charge in [-0.2, -0.15) is 5.10 Å². The number of nitrogens with one attached hydrogen (secondary N) is 1. The normalized spacial score (nSPS) is 18.2. The molecule has 1 fully saturated rings. The van der Waals surface area contributed by atoms with Crippen molar-refractivity contribution in [3.8, 4) is 0 Å². The van der Waals surface area contributed by atoms with E-state index in [4.69, 9.17) is 4.74 Å². The Morgan fingerprint density at radius 1 is 1.55 bits per heavy atom. The van der Waals surface area contributed by atoms with Crippen LogP contribution in [0.25, 0.3) is 4.96 Å². The zero-order chi connectivity index (χ0) is 13.9. The third-order valence-electron chi connectivity index (χ3n) is 3.30. The van der Waals surface area contributed by atoms with Gasteiger partial charge >= 0.3 is 0 Å². The molecule has 1 aliphatic rings. The van der Waals surface area contributed by atoms with Crippen LogP contribution in [0.3, 0.4) is 0 Å². The van der Waals surface area contributed by atoms with Crippen molar-refractivity contribution in [1.29, 1.82) is 0 Å². The number of carbonyl (C=O) groups excluding carboxylic acids is 1. The maximum Gasteiger partial charge on any atom is 0.234 e. The summed E-state index contributed by atoms with van der Waals surface area (Å²) in [7, 11) is 0. The zero-order valence-corrected chi connectivity index (χ0v) is 12.1. The third kappa shape index (κ3) is 2.97. The van der Waals surface area contributed by atoms with Gasteiger partial charge in [-0.3, -0.25) is 9.69 Å². The maximum absolute atomic E-state index is 12.0. The van der Waals surface area contributed by atoms with Crippen LogP contribution in [0.2, 0.25) is 0 Å². The van der Waals surface area contributed by atoms with Gasteiger partial charge in [0.1, 0.15) is 5.51 Å². The molecule has 3 rings (SSSR count). The van der Waals surface area contributed by atoms with Crippen LogP contribution in [0.1, 0.15) is 18.7 Å². The van der Waals surface area contributed by atoms with E-state index in [-0.39, 0.29) is 11.9 Å². The van der Waals surface area contributed by atoms with Gasteiger partial charge in [-0.25, -0.2) is 9.50 Å². The first-order valence-corrected chi connectivity index (χ1v) is 7.48. The number of nitrogens with zero attached hydrogens (tertiary/aromatic N) is 4. The lowest BCUT2D eigenvalue weighted by atomic mass is 10.2. The van der Waals surface area contributed by atoms with Crippen LogP contribution < -0.4 is 5.32 Å². The smallest absolute Gasteiger partial charge is 0.234 e. The highest BCUT2D eigenvalue weighted by atomic mass is 32.1. The summed E-state index contributed by atoms with van der Waals surface area (Å²) in [5.41, 5.74) is 2.58. The average molecular weight is 295 g/mol. The van der Waals surface area contributed by atoms with Gasteiger partial charge in [0.05, 0.1) is 37.7 Å². The maximum atomic E-state index is 12.0. The molecule has 1 amide bonds. The fourth-order valence-corrected chi connectivity index (χ4v) is 2.80. The Morgan fingerprint density at radius 2 is 2.35 bits per heavy atom. The Morgan fingerprint density at radius 3 is 3.10 bits per heavy atom. The molecular weight excluding hydrogens is 278 g/mol. The summed E-state index contributed by atoms with van der Waals surface area (Å²) in [6.07, 6.45) is 1.85. The Kier molecular flexibility index (Phi) is 3.95. The predicted octanol–water partition coefficient (Wildman–Crippen LogP) is 0.300. The van der Waals surface area contributed by atoms with Crippen LogP contribution >= 0.6 is 11.3 Å². The Balaban J connectivity index is 1.56. The highest BCUT2D eigenvalue weighted by Gasteiger charge is 2.17. The number of rotatable bonds is 4. The zero-order valence-electron chi connectivity index (χ0n) is 11.3. The lowest BCUT2D eigenvalue weighted by Gasteiger charge is -2.26. The second-order valence-corrected chi connectivity index (χ2v) is 5.62. The molecule has 1 atom stereocenters. The molecule has 0 radical (unpaired) electrons. The molecule has 20 heavy (non-hydrogen) atoms. The van der Waals surface area contributed by atoms with Gasteiger partial charge in [0.2, 0.25) is 10.9 Å². The summed E-state index contributed by atoms with van der Waals surface area (Å²) in [5.74, 6) is 0.0173. The molecule has 108 valence electrons. The molecule has 3 heterocycles. The number of hydrogen-bond acceptors (Lipinski definition) is 6. The predicted molar refractivity (Wildman–Crippen MR) is 74.7 cm³/mol. The molecule has 0 spiro atoms. The van der Waals surface area contributed by atoms with E-state index in [1.165, 1.54) is 11.3 Å². The van der Waals surface area contributed by atoms with Crippen molar-refractivity contribution >= 4 is 22.2 Å². The van der Waals surface area contributed by atoms with Gasteiger partial charge in [-0.1, -0.05) is 11.3 Å². The van der Waals surface area contributed by atoms with E-state index in [9.17, 15) is 4.79 Å². The first kappa shape index (κ1) is 13.5. The highest BCUT2D eigenvalue weighted by Crippen LogP contribution is 2.15. The minimum Gasteiger partial charge on any atom is -0.379 e. The second-order valence-electron chi connectivity index (χ2n) is 4.81. The van der Waals surface area contributed by atoms with Gasteiger partial charge in [-0.05, 0) is 6.92 Å². The van der Waals surface area contributed by atoms with E-state index in [2.05, 4.69) is 20.3 Å². The third-order valence-corrected chi connectivity index (χ3v) is 3.99. The summed E-state index contributed by atoms with van der Waals surface area (Å²) in [6, 6.07) is -0.113. The van der Waals surface area contributed by atoms with E-state index < -0.39 is 0 Å². The number of aromatic nitrogens is 3. The molecule has 0 bridgehead atoms. The van der Waals surface area contributed by atoms with Gasteiger partial charge < -0.3 is 10.1 Å². The van der Waals surface area contributed by atoms with Crippen molar-refractivity contribution < 1.29 is 9.53 Å². The molecule has 0 unspecified atom stereocenters. The van der Waals surface area contributed by atoms with Crippen LogP contribution in [0, 0.1) is 0 Å². The quantitative estimate of drug-likeness (QED) is 0.878. The lowest BCUT2D eigenvalue weighted by Crippen LogP contribution is -2.43. The van der Waals surface area contributed by atoms with Crippen molar-refractivity contribution in [2.45, 2.75) is 13.0 Å². The van der Waals surface area contributed by atoms with Crippen LogP contribution in [0.15, 0.2) is 11.7 Å². The summed E-state index contributed by atoms with van der Waals surface area (Å²) >= 11 is 1.48. The second kappa shape index (κ2) is 5.86. The molecule has 1 saturated heterocycles. The van der Waals surface area contributed by atoms with Crippen LogP contribution in [0.5, 0.6) is 0 Å². The number of amides is 1. The molecule has 0 saturated carbocycles. The number of carbonyl (C=O) groups is 1. The van der Waals surface area contributed by atoms with Gasteiger partial charge in [0.15, 0.2) is 0 Å². The van der Waals surface area contributed by atoms with Crippen LogP contribution in [-0.4, -0.2) is 58.3 Å². The first-order chi connectivity index (χ1) is 9.72. The first-order valence-electron chi connectivity index (χ1n) is 6.60. The van der Waals surface area contributed by atoms with Gasteiger partial charge in [0, 0.05) is 13.1 Å². The SMILES string of the molecule is C[C@H](NC(=O)CN1CCOCC1)c1cn2ncsc2n1. The summed E-state index contributed by atoms with van der Waals surface area (Å²) in [4.78, 5) is 19.4. The van der Waals surface area contributed by atoms with Crippen molar-refractivity contribution in [3.63, 3.8) is 0 Å². The van der Waals surface area contributed by atoms with Crippen LogP contribution in [0.4, 0.5) is 0 Å². The highest BCUT2D eigenvalue weighted by molar-refractivity contribution is 7.14. The summed E-state index contributed by atoms with van der Waals surface area (Å²) < 4.78 is 6.99. The molecule has 2 aromatic rings. The Labute approximate surface area is 120 Å². The van der Waals surface area contributed by atoms with Crippen LogP contribution in [-0.2, 0) is 9.53 Å². The molecule has 8 heteroatoms. The van der Waals surface area contributed by atoms with Gasteiger partial charge in [-0.15, -0.1) is 0 Å². The van der Waals surface area contributed by atoms with Gasteiger partial charge in [0.25, 0.3) is 0 Å². The van der Waals surface area contributed by atoms with Crippen molar-refractivity contribution in [3.05, 3.63) is 17.4 Å². The number of ether oxygens (including phenoxy) is 1. The van der Waals surface area contributed by atoms with Crippen molar-refractivity contribution in [2.75, 3.05) is 32.8 Å². The molecule has 0 aliphatic carbocycles. The fraction of sp³-hybridized carbons (Fsp3) is 0.583. The Hall–Kier alpha value is -1.51. The molecule has 7 nitrogen and oxygen atoms in total. The van der Waals surface area contributed by atoms with E-state index in [1.54, 1.807) is 10.0 Å². The van der Waals surface area contributed by atoms with E-state index in [0.29, 0.717) is 19.8 Å². The molecular formula is C12H17N5O2S. The van der Waals surface area contributed by atoms with Crippen molar-refractivity contribution in [1.82, 2.24) is 24.8 Å².